The predicted molar refractivity (Wildman–Crippen MR) is 88.1 cm³/mol. The number of carbonyl (C=O) groups excluding carboxylic acids is 1. The molecule has 25 heavy (non-hydrogen) atoms. The molecule has 4 rings (SSSR count). The number of carbonyl (C=O) groups is 1. The Morgan fingerprint density at radius 1 is 1.40 bits per heavy atom. The maximum atomic E-state index is 12.6. The average molecular weight is 343 g/mol. The number of hydrogen-bond acceptors (Lipinski definition) is 6. The maximum absolute atomic E-state index is 12.6. The number of amides is 1. The van der Waals surface area contributed by atoms with E-state index >= 15 is 0 Å². The third kappa shape index (κ3) is 3.24. The van der Waals surface area contributed by atoms with Crippen LogP contribution in [0.25, 0.3) is 0 Å². The van der Waals surface area contributed by atoms with E-state index in [2.05, 4.69) is 16.2 Å². The molecule has 2 heterocycles. The number of aryl methyl sites for hydroxylation is 3. The van der Waals surface area contributed by atoms with Gasteiger partial charge in [-0.15, -0.1) is 0 Å². The van der Waals surface area contributed by atoms with Gasteiger partial charge in [-0.1, -0.05) is 11.2 Å². The fourth-order valence-corrected chi connectivity index (χ4v) is 3.64. The van der Waals surface area contributed by atoms with Crippen molar-refractivity contribution >= 4 is 5.91 Å². The first-order valence-corrected chi connectivity index (χ1v) is 8.62. The number of benzene rings is 1. The van der Waals surface area contributed by atoms with E-state index in [0.29, 0.717) is 23.9 Å². The summed E-state index contributed by atoms with van der Waals surface area (Å²) < 4.78 is 10.9. The Morgan fingerprint density at radius 3 is 3.04 bits per heavy atom. The summed E-state index contributed by atoms with van der Waals surface area (Å²) in [6.45, 7) is 1.90. The van der Waals surface area contributed by atoms with Crippen molar-refractivity contribution in [3.05, 3.63) is 41.0 Å². The quantitative estimate of drug-likeness (QED) is 0.907. The van der Waals surface area contributed by atoms with E-state index in [1.807, 2.05) is 12.1 Å². The van der Waals surface area contributed by atoms with Gasteiger partial charge in [0, 0.05) is 13.0 Å². The fourth-order valence-electron chi connectivity index (χ4n) is 3.64. The molecule has 0 unspecified atom stereocenters. The smallest absolute Gasteiger partial charge is 0.261 e. The van der Waals surface area contributed by atoms with Crippen LogP contribution in [-0.4, -0.2) is 45.3 Å². The summed E-state index contributed by atoms with van der Waals surface area (Å²) in [5.41, 5.74) is 2.67. The van der Waals surface area contributed by atoms with E-state index in [1.165, 1.54) is 17.5 Å². The van der Waals surface area contributed by atoms with Crippen molar-refractivity contribution in [2.45, 2.75) is 44.8 Å². The van der Waals surface area contributed by atoms with Crippen LogP contribution in [0.1, 0.15) is 41.7 Å². The number of fused-ring (bicyclic) bond motifs is 1. The average Bonchev–Trinajstić information content (AvgIpc) is 3.31. The molecule has 132 valence electrons. The normalized spacial score (nSPS) is 22.2. The van der Waals surface area contributed by atoms with E-state index in [9.17, 15) is 9.90 Å². The van der Waals surface area contributed by atoms with Gasteiger partial charge in [0.25, 0.3) is 5.91 Å². The Labute approximate surface area is 145 Å². The van der Waals surface area contributed by atoms with Gasteiger partial charge in [-0.25, -0.2) is 0 Å². The second kappa shape index (κ2) is 6.48. The van der Waals surface area contributed by atoms with E-state index < -0.39 is 12.1 Å². The first-order chi connectivity index (χ1) is 12.1. The van der Waals surface area contributed by atoms with E-state index in [1.54, 1.807) is 11.8 Å². The van der Waals surface area contributed by atoms with Crippen molar-refractivity contribution in [2.24, 2.45) is 0 Å². The maximum Gasteiger partial charge on any atom is 0.261 e. The largest absolute Gasteiger partial charge is 0.484 e. The second-order valence-corrected chi connectivity index (χ2v) is 6.70. The Morgan fingerprint density at radius 2 is 2.24 bits per heavy atom. The van der Waals surface area contributed by atoms with Gasteiger partial charge in [-0.05, 0) is 49.4 Å². The molecular weight excluding hydrogens is 322 g/mol. The molecule has 1 aromatic carbocycles. The molecule has 1 saturated heterocycles. The number of aromatic nitrogens is 2. The Bertz CT molecular complexity index is 788. The number of aliphatic hydroxyl groups is 1. The molecule has 0 radical (unpaired) electrons. The predicted octanol–water partition coefficient (Wildman–Crippen LogP) is 1.58. The van der Waals surface area contributed by atoms with Gasteiger partial charge in [0.15, 0.2) is 12.4 Å². The minimum Gasteiger partial charge on any atom is -0.484 e. The van der Waals surface area contributed by atoms with Crippen LogP contribution in [0.2, 0.25) is 0 Å². The lowest BCUT2D eigenvalue weighted by atomic mass is 10.1. The highest BCUT2D eigenvalue weighted by molar-refractivity contribution is 5.78. The van der Waals surface area contributed by atoms with Crippen molar-refractivity contribution < 1.29 is 19.2 Å². The zero-order valence-electron chi connectivity index (χ0n) is 14.1. The molecular formula is C18H21N3O4. The summed E-state index contributed by atoms with van der Waals surface area (Å²) in [4.78, 5) is 18.3. The highest BCUT2D eigenvalue weighted by atomic mass is 16.5. The molecule has 0 bridgehead atoms. The lowest BCUT2D eigenvalue weighted by Crippen LogP contribution is -2.35. The van der Waals surface area contributed by atoms with Crippen LogP contribution < -0.4 is 4.74 Å². The fraction of sp³-hybridized carbons (Fsp3) is 0.500. The van der Waals surface area contributed by atoms with Crippen molar-refractivity contribution in [3.8, 4) is 5.75 Å². The number of likely N-dealkylation sites (tertiary alicyclic amines) is 1. The third-order valence-electron chi connectivity index (χ3n) is 4.86. The number of nitrogens with zero attached hydrogens (tertiary/aromatic N) is 3. The molecule has 7 nitrogen and oxygen atoms in total. The van der Waals surface area contributed by atoms with Crippen LogP contribution >= 0.6 is 0 Å². The highest BCUT2D eigenvalue weighted by Gasteiger charge is 2.38. The summed E-state index contributed by atoms with van der Waals surface area (Å²) >= 11 is 0. The summed E-state index contributed by atoms with van der Waals surface area (Å²) in [6, 6.07) is 5.61. The molecule has 1 fully saturated rings. The molecule has 1 aliphatic heterocycles. The highest BCUT2D eigenvalue weighted by Crippen LogP contribution is 2.31. The van der Waals surface area contributed by atoms with Crippen LogP contribution in [0.4, 0.5) is 0 Å². The van der Waals surface area contributed by atoms with Crippen LogP contribution in [0.15, 0.2) is 22.7 Å². The molecule has 0 spiro atoms. The Kier molecular flexibility index (Phi) is 4.17. The molecule has 1 N–H and O–H groups in total. The van der Waals surface area contributed by atoms with Crippen LogP contribution in [0.3, 0.4) is 0 Å². The van der Waals surface area contributed by atoms with Gasteiger partial charge < -0.3 is 19.3 Å². The summed E-state index contributed by atoms with van der Waals surface area (Å²) in [5, 5.41) is 13.7. The summed E-state index contributed by atoms with van der Waals surface area (Å²) in [7, 11) is 0. The number of rotatable bonds is 4. The minimum atomic E-state index is -0.596. The molecule has 0 saturated carbocycles. The van der Waals surface area contributed by atoms with Gasteiger partial charge in [-0.3, -0.25) is 4.79 Å². The zero-order chi connectivity index (χ0) is 17.4. The second-order valence-electron chi connectivity index (χ2n) is 6.70. The summed E-state index contributed by atoms with van der Waals surface area (Å²) in [5.74, 6) is 1.38. The Hall–Kier alpha value is -2.41. The van der Waals surface area contributed by atoms with Crippen molar-refractivity contribution in [3.63, 3.8) is 0 Å². The van der Waals surface area contributed by atoms with E-state index in [0.717, 1.165) is 12.8 Å². The van der Waals surface area contributed by atoms with Gasteiger partial charge in [0.2, 0.25) is 5.89 Å². The van der Waals surface area contributed by atoms with Crippen molar-refractivity contribution in [2.75, 3.05) is 13.2 Å². The lowest BCUT2D eigenvalue weighted by Gasteiger charge is -2.21. The van der Waals surface area contributed by atoms with E-state index in [-0.39, 0.29) is 19.1 Å². The van der Waals surface area contributed by atoms with Crippen LogP contribution in [0.5, 0.6) is 5.75 Å². The number of ether oxygens (including phenoxy) is 1. The lowest BCUT2D eigenvalue weighted by molar-refractivity contribution is -0.135. The third-order valence-corrected chi connectivity index (χ3v) is 4.86. The molecule has 1 amide bonds. The van der Waals surface area contributed by atoms with Crippen molar-refractivity contribution in [1.29, 1.82) is 0 Å². The minimum absolute atomic E-state index is 0.0743. The van der Waals surface area contributed by atoms with Gasteiger partial charge in [-0.2, -0.15) is 4.98 Å². The molecule has 1 aliphatic carbocycles. The number of β-amino-alcohol motifs (C(OH)–C–C–N with tert-alkyl or cyclic N) is 1. The molecule has 7 heteroatoms. The van der Waals surface area contributed by atoms with Crippen LogP contribution in [0, 0.1) is 6.92 Å². The first kappa shape index (κ1) is 16.1. The first-order valence-electron chi connectivity index (χ1n) is 8.62. The standard InChI is InChI=1S/C18H21N3O4/c1-11-19-18(25-20-11)16-8-14(22)9-21(16)17(23)10-24-15-6-5-12-3-2-4-13(12)7-15/h5-7,14,16,22H,2-4,8-10H2,1H3/t14-,16-/m1/s1. The van der Waals surface area contributed by atoms with Gasteiger partial charge in [0.05, 0.1) is 6.10 Å². The van der Waals surface area contributed by atoms with Gasteiger partial charge in [0.1, 0.15) is 11.8 Å². The zero-order valence-corrected chi connectivity index (χ0v) is 14.1. The number of hydrogen-bond donors (Lipinski definition) is 1. The molecule has 2 aromatic rings. The van der Waals surface area contributed by atoms with Crippen molar-refractivity contribution in [1.82, 2.24) is 15.0 Å². The monoisotopic (exact) mass is 343 g/mol. The number of aliphatic hydroxyl groups excluding tert-OH is 1. The Balaban J connectivity index is 1.43. The SMILES string of the molecule is Cc1noc([C@H]2C[C@@H](O)CN2C(=O)COc2ccc3c(c2)CCC3)n1. The summed E-state index contributed by atoms with van der Waals surface area (Å²) in [6.07, 6.45) is 3.16. The topological polar surface area (TPSA) is 88.7 Å². The molecule has 2 atom stereocenters. The molecule has 2 aliphatic rings. The van der Waals surface area contributed by atoms with Gasteiger partial charge >= 0.3 is 0 Å². The van der Waals surface area contributed by atoms with E-state index in [4.69, 9.17) is 9.26 Å². The van der Waals surface area contributed by atoms with Crippen LogP contribution in [-0.2, 0) is 17.6 Å². The molecule has 1 aromatic heterocycles.